The average Bonchev–Trinajstić information content (AvgIpc) is 3.13. The first-order chi connectivity index (χ1) is 11.8. The van der Waals surface area contributed by atoms with Gasteiger partial charge < -0.3 is 4.98 Å². The summed E-state index contributed by atoms with van der Waals surface area (Å²) in [5.74, 6) is 0. The van der Waals surface area contributed by atoms with Crippen molar-refractivity contribution in [2.45, 2.75) is 44.1 Å². The van der Waals surface area contributed by atoms with Gasteiger partial charge in [0.05, 0.1) is 29.9 Å². The standard InChI is InChI=1S/C18H18N6/c19-7-6-18(11-17(18)4-1-2-5-17)24-10-13(9-23-24)15-14-3-8-20-16(14)22-12-21-15/h3,8-10,12H,1-2,4-6,11H2,(H,20,21,22)/t18-/m0/s1. The van der Waals surface area contributed by atoms with E-state index in [4.69, 9.17) is 0 Å². The van der Waals surface area contributed by atoms with Crippen LogP contribution in [-0.4, -0.2) is 24.7 Å². The third-order valence-electron chi connectivity index (χ3n) is 6.07. The maximum atomic E-state index is 9.37. The number of fused-ring (bicyclic) bond motifs is 1. The molecular weight excluding hydrogens is 300 g/mol. The molecule has 1 atom stereocenters. The van der Waals surface area contributed by atoms with E-state index in [2.05, 4.69) is 37.0 Å². The van der Waals surface area contributed by atoms with Gasteiger partial charge in [0.1, 0.15) is 12.0 Å². The molecule has 0 aliphatic heterocycles. The fraction of sp³-hybridized carbons (Fsp3) is 0.444. The molecule has 6 heteroatoms. The van der Waals surface area contributed by atoms with E-state index in [0.717, 1.165) is 28.7 Å². The Balaban J connectivity index is 1.58. The first-order valence-electron chi connectivity index (χ1n) is 8.49. The van der Waals surface area contributed by atoms with Crippen molar-refractivity contribution in [1.29, 1.82) is 5.26 Å². The van der Waals surface area contributed by atoms with Crippen molar-refractivity contribution in [2.75, 3.05) is 0 Å². The van der Waals surface area contributed by atoms with E-state index in [-0.39, 0.29) is 5.54 Å². The van der Waals surface area contributed by atoms with Gasteiger partial charge in [-0.05, 0) is 30.7 Å². The normalized spacial score (nSPS) is 24.5. The van der Waals surface area contributed by atoms with Crippen LogP contribution in [0.15, 0.2) is 31.0 Å². The van der Waals surface area contributed by atoms with Crippen LogP contribution in [0.3, 0.4) is 0 Å². The summed E-state index contributed by atoms with van der Waals surface area (Å²) < 4.78 is 2.05. The van der Waals surface area contributed by atoms with Crippen molar-refractivity contribution in [3.8, 4) is 17.3 Å². The van der Waals surface area contributed by atoms with Crippen molar-refractivity contribution in [3.05, 3.63) is 31.0 Å². The zero-order chi connectivity index (χ0) is 16.2. The third-order valence-corrected chi connectivity index (χ3v) is 6.07. The number of aromatic nitrogens is 5. The topological polar surface area (TPSA) is 83.2 Å². The Morgan fingerprint density at radius 1 is 1.29 bits per heavy atom. The molecule has 0 aromatic carbocycles. The van der Waals surface area contributed by atoms with Crippen molar-refractivity contribution < 1.29 is 0 Å². The molecule has 120 valence electrons. The summed E-state index contributed by atoms with van der Waals surface area (Å²) in [5, 5.41) is 15.0. The molecule has 3 aromatic rings. The average molecular weight is 318 g/mol. The lowest BCUT2D eigenvalue weighted by Gasteiger charge is -2.20. The SMILES string of the molecule is N#CC[C@]1(n2cc(-c3ncnc4[nH]ccc34)cn2)CC12CCCC2. The van der Waals surface area contributed by atoms with Gasteiger partial charge in [0, 0.05) is 23.3 Å². The summed E-state index contributed by atoms with van der Waals surface area (Å²) >= 11 is 0. The predicted octanol–water partition coefficient (Wildman–Crippen LogP) is 3.39. The van der Waals surface area contributed by atoms with Gasteiger partial charge in [-0.25, -0.2) is 9.97 Å². The lowest BCUT2D eigenvalue weighted by Crippen LogP contribution is -2.24. The van der Waals surface area contributed by atoms with Gasteiger partial charge in [-0.15, -0.1) is 0 Å². The number of rotatable bonds is 3. The number of hydrogen-bond donors (Lipinski definition) is 1. The van der Waals surface area contributed by atoms with Crippen LogP contribution in [0, 0.1) is 16.7 Å². The van der Waals surface area contributed by atoms with E-state index in [1.807, 2.05) is 18.5 Å². The van der Waals surface area contributed by atoms with Crippen molar-refractivity contribution in [2.24, 2.45) is 5.41 Å². The minimum atomic E-state index is -0.110. The molecule has 1 N–H and O–H groups in total. The lowest BCUT2D eigenvalue weighted by atomic mass is 9.96. The minimum absolute atomic E-state index is 0.110. The Labute approximate surface area is 139 Å². The van der Waals surface area contributed by atoms with Gasteiger partial charge in [0.25, 0.3) is 0 Å². The number of hydrogen-bond acceptors (Lipinski definition) is 4. The smallest absolute Gasteiger partial charge is 0.141 e. The van der Waals surface area contributed by atoms with Crippen LogP contribution >= 0.6 is 0 Å². The van der Waals surface area contributed by atoms with Crippen LogP contribution in [0.5, 0.6) is 0 Å². The highest BCUT2D eigenvalue weighted by Gasteiger charge is 2.69. The lowest BCUT2D eigenvalue weighted by molar-refractivity contribution is 0.312. The van der Waals surface area contributed by atoms with Crippen LogP contribution in [-0.2, 0) is 5.54 Å². The Bertz CT molecular complexity index is 955. The Hall–Kier alpha value is -2.68. The largest absolute Gasteiger partial charge is 0.346 e. The van der Waals surface area contributed by atoms with E-state index in [1.165, 1.54) is 25.7 Å². The highest BCUT2D eigenvalue weighted by atomic mass is 15.3. The van der Waals surface area contributed by atoms with Crippen molar-refractivity contribution in [3.63, 3.8) is 0 Å². The molecule has 2 aliphatic rings. The summed E-state index contributed by atoms with van der Waals surface area (Å²) in [6, 6.07) is 4.39. The predicted molar refractivity (Wildman–Crippen MR) is 88.8 cm³/mol. The zero-order valence-electron chi connectivity index (χ0n) is 13.4. The number of aromatic amines is 1. The number of H-pyrrole nitrogens is 1. The van der Waals surface area contributed by atoms with Gasteiger partial charge >= 0.3 is 0 Å². The molecule has 3 heterocycles. The molecular formula is C18H18N6. The number of nitrogens with zero attached hydrogens (tertiary/aromatic N) is 5. The fourth-order valence-corrected chi connectivity index (χ4v) is 4.78. The van der Waals surface area contributed by atoms with E-state index in [9.17, 15) is 5.26 Å². The summed E-state index contributed by atoms with van der Waals surface area (Å²) in [6.45, 7) is 0. The van der Waals surface area contributed by atoms with Gasteiger partial charge in [-0.3, -0.25) is 4.68 Å². The third kappa shape index (κ3) is 1.67. The van der Waals surface area contributed by atoms with Gasteiger partial charge in [0.2, 0.25) is 0 Å². The van der Waals surface area contributed by atoms with Crippen LogP contribution in [0.4, 0.5) is 0 Å². The summed E-state index contributed by atoms with van der Waals surface area (Å²) in [5.41, 5.74) is 2.89. The Morgan fingerprint density at radius 2 is 2.17 bits per heavy atom. The highest BCUT2D eigenvalue weighted by Crippen LogP contribution is 2.71. The fourth-order valence-electron chi connectivity index (χ4n) is 4.78. The first kappa shape index (κ1) is 13.7. The van der Waals surface area contributed by atoms with E-state index in [0.29, 0.717) is 11.8 Å². The summed E-state index contributed by atoms with van der Waals surface area (Å²) in [4.78, 5) is 11.8. The molecule has 3 aromatic heterocycles. The molecule has 6 nitrogen and oxygen atoms in total. The van der Waals surface area contributed by atoms with Crippen LogP contribution in [0.25, 0.3) is 22.3 Å². The van der Waals surface area contributed by atoms with Gasteiger partial charge in [0.15, 0.2) is 0 Å². The monoisotopic (exact) mass is 318 g/mol. The molecule has 0 bridgehead atoms. The second kappa shape index (κ2) is 4.67. The van der Waals surface area contributed by atoms with Crippen molar-refractivity contribution >= 4 is 11.0 Å². The quantitative estimate of drug-likeness (QED) is 0.802. The molecule has 2 aliphatic carbocycles. The molecule has 0 unspecified atom stereocenters. The van der Waals surface area contributed by atoms with Crippen LogP contribution in [0.2, 0.25) is 0 Å². The summed E-state index contributed by atoms with van der Waals surface area (Å²) in [6.07, 6.45) is 14.0. The number of nitrogens with one attached hydrogen (secondary N) is 1. The van der Waals surface area contributed by atoms with E-state index in [1.54, 1.807) is 6.33 Å². The second-order valence-corrected chi connectivity index (χ2v) is 7.17. The molecule has 5 rings (SSSR count). The zero-order valence-corrected chi connectivity index (χ0v) is 13.4. The molecule has 24 heavy (non-hydrogen) atoms. The Kier molecular flexibility index (Phi) is 2.67. The second-order valence-electron chi connectivity index (χ2n) is 7.17. The summed E-state index contributed by atoms with van der Waals surface area (Å²) in [7, 11) is 0. The molecule has 1 spiro atoms. The first-order valence-corrected chi connectivity index (χ1v) is 8.49. The van der Waals surface area contributed by atoms with E-state index < -0.39 is 0 Å². The van der Waals surface area contributed by atoms with E-state index >= 15 is 0 Å². The van der Waals surface area contributed by atoms with Crippen LogP contribution in [0.1, 0.15) is 38.5 Å². The van der Waals surface area contributed by atoms with Gasteiger partial charge in [-0.1, -0.05) is 12.8 Å². The van der Waals surface area contributed by atoms with Crippen molar-refractivity contribution in [1.82, 2.24) is 24.7 Å². The highest BCUT2D eigenvalue weighted by molar-refractivity contribution is 5.89. The maximum absolute atomic E-state index is 9.37. The molecule has 0 saturated heterocycles. The maximum Gasteiger partial charge on any atom is 0.141 e. The molecule has 0 radical (unpaired) electrons. The molecule has 2 fully saturated rings. The molecule has 0 amide bonds. The molecule has 2 saturated carbocycles. The Morgan fingerprint density at radius 3 is 3.00 bits per heavy atom. The van der Waals surface area contributed by atoms with Gasteiger partial charge in [-0.2, -0.15) is 10.4 Å². The number of nitriles is 1. The van der Waals surface area contributed by atoms with Crippen LogP contribution < -0.4 is 0 Å². The minimum Gasteiger partial charge on any atom is -0.346 e.